The van der Waals surface area contributed by atoms with Crippen LogP contribution in [-0.4, -0.2) is 23.8 Å². The van der Waals surface area contributed by atoms with Crippen molar-refractivity contribution in [3.8, 4) is 0 Å². The van der Waals surface area contributed by atoms with Gasteiger partial charge in [-0.2, -0.15) is 0 Å². The van der Waals surface area contributed by atoms with Crippen molar-refractivity contribution in [1.82, 2.24) is 4.98 Å². The number of H-pyrrole nitrogens is 1. The number of hydrogen-bond acceptors (Lipinski definition) is 4. The number of nitrogens with one attached hydrogen (secondary N) is 1. The number of Topliss-reactive ketones (excluding diaryl/α,β-unsaturated/α-hetero) is 1. The molecule has 5 heteroatoms. The number of aromatic nitrogens is 1. The molecule has 1 aliphatic carbocycles. The number of hydrogen-bond donors (Lipinski definition) is 1. The van der Waals surface area contributed by atoms with Crippen LogP contribution in [0, 0.1) is 6.92 Å². The Hall–Kier alpha value is -2.69. The van der Waals surface area contributed by atoms with Gasteiger partial charge in [-0.1, -0.05) is 29.8 Å². The van der Waals surface area contributed by atoms with Gasteiger partial charge < -0.3 is 9.72 Å². The summed E-state index contributed by atoms with van der Waals surface area (Å²) in [6.45, 7) is 2.01. The van der Waals surface area contributed by atoms with E-state index in [9.17, 15) is 14.4 Å². The van der Waals surface area contributed by atoms with Crippen LogP contribution in [0.15, 0.2) is 35.1 Å². The van der Waals surface area contributed by atoms with Crippen LogP contribution in [0.1, 0.15) is 49.9 Å². The zero-order valence-corrected chi connectivity index (χ0v) is 13.0. The molecule has 118 valence electrons. The van der Waals surface area contributed by atoms with E-state index < -0.39 is 11.5 Å². The Morgan fingerprint density at radius 1 is 1.22 bits per heavy atom. The molecule has 0 radical (unpaired) electrons. The number of rotatable bonds is 2. The number of pyridine rings is 1. The molecule has 1 heterocycles. The molecule has 0 saturated heterocycles. The van der Waals surface area contributed by atoms with Crippen molar-refractivity contribution in [2.24, 2.45) is 0 Å². The summed E-state index contributed by atoms with van der Waals surface area (Å²) in [7, 11) is 1.21. The quantitative estimate of drug-likeness (QED) is 0.864. The van der Waals surface area contributed by atoms with E-state index in [0.29, 0.717) is 24.1 Å². The molecule has 1 N–H and O–H groups in total. The Labute approximate surface area is 133 Å². The Morgan fingerprint density at radius 3 is 2.70 bits per heavy atom. The Morgan fingerprint density at radius 2 is 2.00 bits per heavy atom. The van der Waals surface area contributed by atoms with Gasteiger partial charge in [0.25, 0.3) is 5.56 Å². The first kappa shape index (κ1) is 15.2. The molecule has 0 bridgehead atoms. The molecule has 1 aromatic carbocycles. The van der Waals surface area contributed by atoms with Gasteiger partial charge in [0.1, 0.15) is 5.56 Å². The summed E-state index contributed by atoms with van der Waals surface area (Å²) in [5.41, 5.74) is 2.57. The van der Waals surface area contributed by atoms with Gasteiger partial charge in [-0.25, -0.2) is 4.79 Å². The van der Waals surface area contributed by atoms with Gasteiger partial charge in [0.2, 0.25) is 0 Å². The fraction of sp³-hybridized carbons (Fsp3) is 0.278. The van der Waals surface area contributed by atoms with Gasteiger partial charge in [-0.15, -0.1) is 0 Å². The average molecular weight is 311 g/mol. The van der Waals surface area contributed by atoms with E-state index in [-0.39, 0.29) is 17.3 Å². The van der Waals surface area contributed by atoms with Crippen molar-refractivity contribution >= 4 is 11.8 Å². The smallest absolute Gasteiger partial charge is 0.343 e. The van der Waals surface area contributed by atoms with E-state index in [1.54, 1.807) is 0 Å². The molecule has 0 fully saturated rings. The van der Waals surface area contributed by atoms with E-state index >= 15 is 0 Å². The molecule has 0 saturated carbocycles. The number of ketones is 1. The van der Waals surface area contributed by atoms with Crippen LogP contribution in [0.25, 0.3) is 0 Å². The van der Waals surface area contributed by atoms with Crippen molar-refractivity contribution in [3.63, 3.8) is 0 Å². The molecule has 0 unspecified atom stereocenters. The summed E-state index contributed by atoms with van der Waals surface area (Å²) in [5.74, 6) is -0.767. The van der Waals surface area contributed by atoms with E-state index in [0.717, 1.165) is 11.1 Å². The van der Waals surface area contributed by atoms with Gasteiger partial charge in [-0.05, 0) is 30.9 Å². The fourth-order valence-electron chi connectivity index (χ4n) is 3.05. The Kier molecular flexibility index (Phi) is 3.86. The van der Waals surface area contributed by atoms with Crippen molar-refractivity contribution in [2.75, 3.05) is 7.11 Å². The predicted octanol–water partition coefficient (Wildman–Crippen LogP) is 2.38. The van der Waals surface area contributed by atoms with Crippen LogP contribution >= 0.6 is 0 Å². The molecule has 3 rings (SSSR count). The zero-order valence-electron chi connectivity index (χ0n) is 13.0. The monoisotopic (exact) mass is 311 g/mol. The third-order valence-electron chi connectivity index (χ3n) is 4.22. The maximum atomic E-state index is 12.5. The first-order chi connectivity index (χ1) is 11.0. The van der Waals surface area contributed by atoms with Crippen molar-refractivity contribution in [3.05, 3.63) is 68.6 Å². The maximum absolute atomic E-state index is 12.5. The number of aryl methyl sites for hydroxylation is 1. The number of benzene rings is 1. The second kappa shape index (κ2) is 5.83. The van der Waals surface area contributed by atoms with E-state index in [4.69, 9.17) is 0 Å². The molecule has 23 heavy (non-hydrogen) atoms. The molecular weight excluding hydrogens is 294 g/mol. The SMILES string of the molecule is COC(=O)c1cc2c([nH]c1=O)C[C@H](c1cccc(C)c1)CC2=O. The number of carbonyl (C=O) groups is 2. The number of esters is 1. The highest BCUT2D eigenvalue weighted by Crippen LogP contribution is 2.31. The lowest BCUT2D eigenvalue weighted by atomic mass is 9.81. The van der Waals surface area contributed by atoms with Gasteiger partial charge in [0, 0.05) is 17.7 Å². The summed E-state index contributed by atoms with van der Waals surface area (Å²) in [4.78, 5) is 38.8. The largest absolute Gasteiger partial charge is 0.465 e. The predicted molar refractivity (Wildman–Crippen MR) is 85.0 cm³/mol. The van der Waals surface area contributed by atoms with Crippen molar-refractivity contribution < 1.29 is 14.3 Å². The first-order valence-electron chi connectivity index (χ1n) is 7.44. The number of ether oxygens (including phenoxy) is 1. The van der Waals surface area contributed by atoms with E-state index in [1.807, 2.05) is 25.1 Å². The standard InChI is InChI=1S/C18H17NO4/c1-10-4-3-5-11(6-10)12-7-15-13(16(20)8-12)9-14(17(21)19-15)18(22)23-2/h3-6,9,12H,7-8H2,1-2H3,(H,19,21)/t12-/m0/s1. The number of aromatic amines is 1. The van der Waals surface area contributed by atoms with Crippen LogP contribution in [0.2, 0.25) is 0 Å². The van der Waals surface area contributed by atoms with Gasteiger partial charge in [0.15, 0.2) is 5.78 Å². The lowest BCUT2D eigenvalue weighted by Gasteiger charge is -2.24. The first-order valence-corrected chi connectivity index (χ1v) is 7.44. The van der Waals surface area contributed by atoms with Gasteiger partial charge in [-0.3, -0.25) is 9.59 Å². The third kappa shape index (κ3) is 2.82. The maximum Gasteiger partial charge on any atom is 0.343 e. The summed E-state index contributed by atoms with van der Waals surface area (Å²) >= 11 is 0. The van der Waals surface area contributed by atoms with E-state index in [2.05, 4.69) is 15.8 Å². The van der Waals surface area contributed by atoms with Crippen LogP contribution in [0.4, 0.5) is 0 Å². The zero-order chi connectivity index (χ0) is 16.6. The molecule has 1 aliphatic rings. The molecule has 0 aliphatic heterocycles. The molecule has 2 aromatic rings. The lowest BCUT2D eigenvalue weighted by Crippen LogP contribution is -2.27. The van der Waals surface area contributed by atoms with Crippen molar-refractivity contribution in [1.29, 1.82) is 0 Å². The topological polar surface area (TPSA) is 76.2 Å². The second-order valence-corrected chi connectivity index (χ2v) is 5.84. The number of methoxy groups -OCH3 is 1. The summed E-state index contributed by atoms with van der Waals surface area (Å²) in [6.07, 6.45) is 0.935. The third-order valence-corrected chi connectivity index (χ3v) is 4.22. The molecular formula is C18H17NO4. The summed E-state index contributed by atoms with van der Waals surface area (Å²) < 4.78 is 4.58. The molecule has 5 nitrogen and oxygen atoms in total. The second-order valence-electron chi connectivity index (χ2n) is 5.84. The highest BCUT2D eigenvalue weighted by Gasteiger charge is 2.29. The van der Waals surface area contributed by atoms with Crippen LogP contribution in [0.5, 0.6) is 0 Å². The Bertz CT molecular complexity index is 850. The minimum atomic E-state index is -0.734. The highest BCUT2D eigenvalue weighted by atomic mass is 16.5. The minimum absolute atomic E-state index is 0.0366. The van der Waals surface area contributed by atoms with Crippen LogP contribution in [0.3, 0.4) is 0 Å². The lowest BCUT2D eigenvalue weighted by molar-refractivity contribution is 0.0598. The van der Waals surface area contributed by atoms with Crippen LogP contribution in [-0.2, 0) is 11.2 Å². The van der Waals surface area contributed by atoms with E-state index in [1.165, 1.54) is 13.2 Å². The summed E-state index contributed by atoms with van der Waals surface area (Å²) in [6, 6.07) is 9.38. The highest BCUT2D eigenvalue weighted by molar-refractivity contribution is 6.01. The molecule has 1 aromatic heterocycles. The Balaban J connectivity index is 2.01. The molecule has 0 amide bonds. The molecule has 1 atom stereocenters. The minimum Gasteiger partial charge on any atom is -0.465 e. The van der Waals surface area contributed by atoms with Gasteiger partial charge >= 0.3 is 5.97 Å². The number of carbonyl (C=O) groups excluding carboxylic acids is 2. The van der Waals surface area contributed by atoms with Crippen molar-refractivity contribution in [2.45, 2.75) is 25.7 Å². The number of fused-ring (bicyclic) bond motifs is 1. The van der Waals surface area contributed by atoms with Crippen LogP contribution < -0.4 is 5.56 Å². The average Bonchev–Trinajstić information content (AvgIpc) is 2.53. The fourth-order valence-corrected chi connectivity index (χ4v) is 3.05. The summed E-state index contributed by atoms with van der Waals surface area (Å²) in [5, 5.41) is 0. The normalized spacial score (nSPS) is 16.8. The molecule has 0 spiro atoms. The van der Waals surface area contributed by atoms with Gasteiger partial charge in [0.05, 0.1) is 7.11 Å².